The Labute approximate surface area is 172 Å². The molecule has 29 heavy (non-hydrogen) atoms. The molecule has 1 atom stereocenters. The van der Waals surface area contributed by atoms with Crippen LogP contribution >= 0.6 is 0 Å². The number of carbonyl (C=O) groups is 2. The van der Waals surface area contributed by atoms with Crippen molar-refractivity contribution in [3.8, 4) is 0 Å². The fraction of sp³-hybridized carbons (Fsp3) is 0.320. The van der Waals surface area contributed by atoms with Crippen LogP contribution in [-0.2, 0) is 14.9 Å². The molecule has 150 valence electrons. The normalized spacial score (nSPS) is 18.2. The number of amides is 2. The number of fused-ring (bicyclic) bond motifs is 1. The first kappa shape index (κ1) is 20.6. The van der Waals surface area contributed by atoms with E-state index in [9.17, 15) is 9.59 Å². The van der Waals surface area contributed by atoms with Gasteiger partial charge < -0.3 is 4.74 Å². The van der Waals surface area contributed by atoms with Crippen LogP contribution in [-0.4, -0.2) is 17.6 Å². The van der Waals surface area contributed by atoms with Gasteiger partial charge in [0.2, 0.25) is 0 Å². The summed E-state index contributed by atoms with van der Waals surface area (Å²) in [5.74, 6) is -0.314. The van der Waals surface area contributed by atoms with Gasteiger partial charge in [-0.2, -0.15) is 0 Å². The fourth-order valence-electron chi connectivity index (χ4n) is 4.02. The van der Waals surface area contributed by atoms with Crippen molar-refractivity contribution in [2.45, 2.75) is 52.1 Å². The van der Waals surface area contributed by atoms with Crippen molar-refractivity contribution in [3.05, 3.63) is 83.1 Å². The second-order valence-electron chi connectivity index (χ2n) is 8.47. The molecule has 1 aliphatic heterocycles. The number of para-hydroxylation sites is 1. The predicted octanol–water partition coefficient (Wildman–Crippen LogP) is 5.60. The molecule has 0 spiro atoms. The third-order valence-electron chi connectivity index (χ3n) is 5.14. The summed E-state index contributed by atoms with van der Waals surface area (Å²) in [6.45, 7) is 13.0. The van der Waals surface area contributed by atoms with Crippen LogP contribution in [0.25, 0.3) is 0 Å². The van der Waals surface area contributed by atoms with Crippen molar-refractivity contribution in [3.63, 3.8) is 0 Å². The van der Waals surface area contributed by atoms with Crippen LogP contribution in [0.3, 0.4) is 0 Å². The molecule has 1 heterocycles. The van der Waals surface area contributed by atoms with Gasteiger partial charge in [-0.3, -0.25) is 4.79 Å². The highest BCUT2D eigenvalue weighted by Gasteiger charge is 2.54. The summed E-state index contributed by atoms with van der Waals surface area (Å²) in [4.78, 5) is 28.1. The summed E-state index contributed by atoms with van der Waals surface area (Å²) in [6, 6.07) is 13.4. The van der Waals surface area contributed by atoms with Gasteiger partial charge in [-0.25, -0.2) is 9.69 Å². The molecule has 3 rings (SSSR count). The highest BCUT2D eigenvalue weighted by molar-refractivity contribution is 6.22. The summed E-state index contributed by atoms with van der Waals surface area (Å²) in [7, 11) is 0. The molecule has 2 amide bonds. The summed E-state index contributed by atoms with van der Waals surface area (Å²) in [6.07, 6.45) is 1.45. The van der Waals surface area contributed by atoms with E-state index >= 15 is 0 Å². The predicted molar refractivity (Wildman–Crippen MR) is 115 cm³/mol. The molecule has 0 saturated heterocycles. The highest BCUT2D eigenvalue weighted by Crippen LogP contribution is 2.49. The fourth-order valence-corrected chi connectivity index (χ4v) is 4.02. The molecule has 4 nitrogen and oxygen atoms in total. The zero-order chi connectivity index (χ0) is 21.4. The number of imide groups is 1. The first-order chi connectivity index (χ1) is 13.6. The van der Waals surface area contributed by atoms with Crippen LogP contribution in [0.4, 0.5) is 10.5 Å². The molecule has 2 aromatic rings. The number of allylic oxidation sites excluding steroid dienone is 1. The molecule has 4 heteroatoms. The SMILES string of the molecule is C=C=CCC1(c2ccc(C)cc2C)C(=O)N(C(=O)OC(C)(C)C)c2ccccc21. The van der Waals surface area contributed by atoms with Gasteiger partial charge in [0.15, 0.2) is 0 Å². The van der Waals surface area contributed by atoms with Gasteiger partial charge in [-0.15, -0.1) is 5.73 Å². The van der Waals surface area contributed by atoms with E-state index in [1.165, 1.54) is 4.90 Å². The quantitative estimate of drug-likeness (QED) is 0.642. The molecule has 0 saturated carbocycles. The number of carbonyl (C=O) groups excluding carboxylic acids is 2. The van der Waals surface area contributed by atoms with Crippen LogP contribution in [0.2, 0.25) is 0 Å². The first-order valence-corrected chi connectivity index (χ1v) is 9.71. The standard InChI is InChI=1S/C25H27NO3/c1-7-8-15-25(19-14-13-17(2)16-18(19)3)20-11-9-10-12-21(20)26(22(25)27)23(28)29-24(4,5)6/h8-14,16H,1,15H2,2-6H3. The highest BCUT2D eigenvalue weighted by atomic mass is 16.6. The number of aryl methyl sites for hydroxylation is 2. The molecule has 0 radical (unpaired) electrons. The van der Waals surface area contributed by atoms with Gasteiger partial charge in [0.1, 0.15) is 11.0 Å². The van der Waals surface area contributed by atoms with Crippen molar-refractivity contribution in [2.24, 2.45) is 0 Å². The van der Waals surface area contributed by atoms with Gasteiger partial charge in [-0.05, 0) is 69.9 Å². The third kappa shape index (κ3) is 3.52. The molecule has 0 aromatic heterocycles. The first-order valence-electron chi connectivity index (χ1n) is 9.71. The lowest BCUT2D eigenvalue weighted by Crippen LogP contribution is -2.46. The zero-order valence-corrected chi connectivity index (χ0v) is 17.7. The summed E-state index contributed by atoms with van der Waals surface area (Å²) < 4.78 is 5.56. The van der Waals surface area contributed by atoms with E-state index in [0.29, 0.717) is 12.1 Å². The van der Waals surface area contributed by atoms with Gasteiger partial charge >= 0.3 is 6.09 Å². The minimum atomic E-state index is -1.03. The maximum absolute atomic E-state index is 13.9. The lowest BCUT2D eigenvalue weighted by atomic mass is 9.71. The van der Waals surface area contributed by atoms with Crippen molar-refractivity contribution < 1.29 is 14.3 Å². The topological polar surface area (TPSA) is 46.6 Å². The molecular formula is C25H27NO3. The van der Waals surface area contributed by atoms with E-state index in [-0.39, 0.29) is 5.91 Å². The van der Waals surface area contributed by atoms with E-state index in [2.05, 4.69) is 18.4 Å². The maximum atomic E-state index is 13.9. The zero-order valence-electron chi connectivity index (χ0n) is 17.7. The van der Waals surface area contributed by atoms with Crippen LogP contribution in [0.15, 0.2) is 60.9 Å². The van der Waals surface area contributed by atoms with Crippen molar-refractivity contribution in [1.29, 1.82) is 0 Å². The molecular weight excluding hydrogens is 362 g/mol. The van der Waals surface area contributed by atoms with Gasteiger partial charge in [0, 0.05) is 0 Å². The number of ether oxygens (including phenoxy) is 1. The second-order valence-corrected chi connectivity index (χ2v) is 8.47. The maximum Gasteiger partial charge on any atom is 0.421 e. The number of rotatable bonds is 3. The Balaban J connectivity index is 2.28. The monoisotopic (exact) mass is 389 g/mol. The Kier molecular flexibility index (Phi) is 5.25. The molecule has 1 aliphatic rings. The number of anilines is 1. The molecule has 1 unspecified atom stereocenters. The molecule has 2 aromatic carbocycles. The van der Waals surface area contributed by atoms with Crippen LogP contribution in [0.1, 0.15) is 49.4 Å². The Hall–Kier alpha value is -3.10. The Morgan fingerprint density at radius 3 is 2.48 bits per heavy atom. The largest absolute Gasteiger partial charge is 0.443 e. The third-order valence-corrected chi connectivity index (χ3v) is 5.14. The average molecular weight is 389 g/mol. The average Bonchev–Trinajstić information content (AvgIpc) is 2.87. The van der Waals surface area contributed by atoms with E-state index in [1.54, 1.807) is 32.9 Å². The second kappa shape index (κ2) is 7.38. The Bertz CT molecular complexity index is 1020. The molecule has 0 aliphatic carbocycles. The van der Waals surface area contributed by atoms with Crippen LogP contribution in [0.5, 0.6) is 0 Å². The minimum absolute atomic E-state index is 0.314. The van der Waals surface area contributed by atoms with Crippen molar-refractivity contribution in [2.75, 3.05) is 4.90 Å². The van der Waals surface area contributed by atoms with Gasteiger partial charge in [0.05, 0.1) is 5.69 Å². The van der Waals surface area contributed by atoms with Gasteiger partial charge in [0.25, 0.3) is 5.91 Å². The molecule has 0 N–H and O–H groups in total. The minimum Gasteiger partial charge on any atom is -0.443 e. The van der Waals surface area contributed by atoms with Crippen molar-refractivity contribution in [1.82, 2.24) is 0 Å². The van der Waals surface area contributed by atoms with E-state index in [1.807, 2.05) is 44.2 Å². The number of hydrogen-bond donors (Lipinski definition) is 0. The van der Waals surface area contributed by atoms with Crippen LogP contribution in [0, 0.1) is 13.8 Å². The Morgan fingerprint density at radius 1 is 1.17 bits per heavy atom. The molecule has 0 bridgehead atoms. The van der Waals surface area contributed by atoms with E-state index in [4.69, 9.17) is 4.74 Å². The smallest absolute Gasteiger partial charge is 0.421 e. The van der Waals surface area contributed by atoms with Crippen LogP contribution < -0.4 is 4.90 Å². The van der Waals surface area contributed by atoms with Crippen molar-refractivity contribution >= 4 is 17.7 Å². The number of hydrogen-bond acceptors (Lipinski definition) is 3. The summed E-state index contributed by atoms with van der Waals surface area (Å²) >= 11 is 0. The Morgan fingerprint density at radius 2 is 1.86 bits per heavy atom. The number of nitrogens with zero attached hydrogens (tertiary/aromatic N) is 1. The summed E-state index contributed by atoms with van der Waals surface area (Å²) in [5, 5.41) is 0. The lowest BCUT2D eigenvalue weighted by Gasteiger charge is -2.30. The van der Waals surface area contributed by atoms with E-state index in [0.717, 1.165) is 22.3 Å². The molecule has 0 fully saturated rings. The lowest BCUT2D eigenvalue weighted by molar-refractivity contribution is -0.121. The van der Waals surface area contributed by atoms with E-state index < -0.39 is 17.1 Å². The number of benzene rings is 2. The summed E-state index contributed by atoms with van der Waals surface area (Å²) in [5.41, 5.74) is 5.38. The van der Waals surface area contributed by atoms with Gasteiger partial charge in [-0.1, -0.05) is 48.5 Å².